The van der Waals surface area contributed by atoms with Crippen molar-refractivity contribution in [3.63, 3.8) is 0 Å². The first-order valence-electron chi connectivity index (χ1n) is 6.80. The molecule has 0 saturated heterocycles. The van der Waals surface area contributed by atoms with Crippen LogP contribution in [0.2, 0.25) is 5.02 Å². The van der Waals surface area contributed by atoms with Gasteiger partial charge in [0.15, 0.2) is 0 Å². The number of unbranched alkanes of at least 4 members (excludes halogenated alkanes) is 3. The zero-order valence-corrected chi connectivity index (χ0v) is 12.1. The minimum atomic E-state index is -0.354. The second-order valence-corrected chi connectivity index (χ2v) is 5.29. The molecule has 0 spiro atoms. The largest absolute Gasteiger partial charge is 0.310 e. The number of rotatable bonds is 8. The topological polar surface area (TPSA) is 12.0 Å². The normalized spacial score (nSPS) is 12.7. The Labute approximate surface area is 115 Å². The van der Waals surface area contributed by atoms with Gasteiger partial charge in [0.25, 0.3) is 0 Å². The molecule has 0 bridgehead atoms. The van der Waals surface area contributed by atoms with Gasteiger partial charge < -0.3 is 5.32 Å². The number of halogens is 2. The van der Waals surface area contributed by atoms with Gasteiger partial charge in [-0.05, 0) is 31.0 Å². The van der Waals surface area contributed by atoms with Crippen LogP contribution >= 0.6 is 11.6 Å². The maximum atomic E-state index is 13.0. The molecule has 1 aromatic rings. The molecule has 0 aliphatic heterocycles. The Kier molecular flexibility index (Phi) is 7.29. The zero-order valence-electron chi connectivity index (χ0n) is 11.3. The lowest BCUT2D eigenvalue weighted by Gasteiger charge is -2.13. The average molecular weight is 272 g/mol. The van der Waals surface area contributed by atoms with E-state index in [1.807, 2.05) is 0 Å². The van der Waals surface area contributed by atoms with Crippen LogP contribution in [-0.4, -0.2) is 6.04 Å². The molecule has 0 fully saturated rings. The van der Waals surface area contributed by atoms with Crippen LogP contribution in [0.15, 0.2) is 18.2 Å². The Morgan fingerprint density at radius 1 is 1.28 bits per heavy atom. The van der Waals surface area contributed by atoms with Crippen molar-refractivity contribution >= 4 is 11.6 Å². The van der Waals surface area contributed by atoms with Crippen LogP contribution in [0.1, 0.15) is 51.5 Å². The zero-order chi connectivity index (χ0) is 13.4. The number of benzene rings is 1. The van der Waals surface area contributed by atoms with Crippen molar-refractivity contribution in [1.29, 1.82) is 0 Å². The summed E-state index contributed by atoms with van der Waals surface area (Å²) in [4.78, 5) is 0. The number of hydrogen-bond donors (Lipinski definition) is 1. The molecule has 1 nitrogen and oxygen atoms in total. The van der Waals surface area contributed by atoms with E-state index in [-0.39, 0.29) is 10.8 Å². The lowest BCUT2D eigenvalue weighted by molar-refractivity contribution is 0.482. The fourth-order valence-electron chi connectivity index (χ4n) is 1.92. The molecule has 0 heterocycles. The van der Waals surface area contributed by atoms with Gasteiger partial charge in [0.2, 0.25) is 0 Å². The quantitative estimate of drug-likeness (QED) is 0.661. The Bertz CT molecular complexity index is 354. The monoisotopic (exact) mass is 271 g/mol. The van der Waals surface area contributed by atoms with Crippen LogP contribution in [0.5, 0.6) is 0 Å². The summed E-state index contributed by atoms with van der Waals surface area (Å²) in [6.07, 6.45) is 6.36. The van der Waals surface area contributed by atoms with Gasteiger partial charge in [0.1, 0.15) is 5.82 Å². The van der Waals surface area contributed by atoms with E-state index in [1.165, 1.54) is 38.2 Å². The van der Waals surface area contributed by atoms with Gasteiger partial charge >= 0.3 is 0 Å². The lowest BCUT2D eigenvalue weighted by Crippen LogP contribution is -2.25. The average Bonchev–Trinajstić information content (AvgIpc) is 2.36. The van der Waals surface area contributed by atoms with Crippen molar-refractivity contribution in [2.45, 2.75) is 58.5 Å². The van der Waals surface area contributed by atoms with Gasteiger partial charge in [0, 0.05) is 12.6 Å². The van der Waals surface area contributed by atoms with E-state index in [0.29, 0.717) is 6.04 Å². The van der Waals surface area contributed by atoms with E-state index in [9.17, 15) is 4.39 Å². The van der Waals surface area contributed by atoms with E-state index >= 15 is 0 Å². The maximum Gasteiger partial charge on any atom is 0.141 e. The van der Waals surface area contributed by atoms with Gasteiger partial charge in [-0.2, -0.15) is 0 Å². The van der Waals surface area contributed by atoms with E-state index in [4.69, 9.17) is 11.6 Å². The van der Waals surface area contributed by atoms with Crippen molar-refractivity contribution < 1.29 is 4.39 Å². The standard InChI is InChI=1S/C15H23ClFN/c1-3-4-5-6-7-12(2)18-11-13-8-9-15(17)14(16)10-13/h8-10,12,18H,3-7,11H2,1-2H3. The minimum absolute atomic E-state index is 0.199. The molecule has 1 atom stereocenters. The van der Waals surface area contributed by atoms with Crippen LogP contribution < -0.4 is 5.32 Å². The molecule has 18 heavy (non-hydrogen) atoms. The van der Waals surface area contributed by atoms with E-state index in [1.54, 1.807) is 12.1 Å². The Hall–Kier alpha value is -0.600. The summed E-state index contributed by atoms with van der Waals surface area (Å²) in [5.74, 6) is -0.354. The van der Waals surface area contributed by atoms with Crippen molar-refractivity contribution in [2.75, 3.05) is 0 Å². The fourth-order valence-corrected chi connectivity index (χ4v) is 2.12. The molecule has 0 amide bonds. The molecule has 1 aromatic carbocycles. The molecular formula is C15H23ClFN. The highest BCUT2D eigenvalue weighted by Gasteiger charge is 2.04. The third-order valence-corrected chi connectivity index (χ3v) is 3.42. The van der Waals surface area contributed by atoms with Crippen LogP contribution in [0, 0.1) is 5.82 Å². The Balaban J connectivity index is 2.24. The summed E-state index contributed by atoms with van der Waals surface area (Å²) in [7, 11) is 0. The molecule has 0 aliphatic carbocycles. The van der Waals surface area contributed by atoms with Crippen LogP contribution in [0.4, 0.5) is 4.39 Å². The maximum absolute atomic E-state index is 13.0. The van der Waals surface area contributed by atoms with Gasteiger partial charge in [-0.1, -0.05) is 50.3 Å². The third-order valence-electron chi connectivity index (χ3n) is 3.13. The van der Waals surface area contributed by atoms with Gasteiger partial charge in [-0.25, -0.2) is 4.39 Å². The van der Waals surface area contributed by atoms with Gasteiger partial charge in [0.05, 0.1) is 5.02 Å². The third kappa shape index (κ3) is 5.83. The first kappa shape index (κ1) is 15.5. The SMILES string of the molecule is CCCCCCC(C)NCc1ccc(F)c(Cl)c1. The second-order valence-electron chi connectivity index (χ2n) is 4.88. The predicted molar refractivity (Wildman–Crippen MR) is 76.5 cm³/mol. The molecule has 3 heteroatoms. The molecule has 102 valence electrons. The van der Waals surface area contributed by atoms with Crippen molar-refractivity contribution in [1.82, 2.24) is 5.32 Å². The fraction of sp³-hybridized carbons (Fsp3) is 0.600. The molecule has 1 rings (SSSR count). The number of hydrogen-bond acceptors (Lipinski definition) is 1. The van der Waals surface area contributed by atoms with E-state index < -0.39 is 0 Å². The van der Waals surface area contributed by atoms with Crippen molar-refractivity contribution in [3.8, 4) is 0 Å². The molecule has 0 aliphatic rings. The summed E-state index contributed by atoms with van der Waals surface area (Å²) >= 11 is 5.74. The highest BCUT2D eigenvalue weighted by Crippen LogP contribution is 2.16. The first-order valence-corrected chi connectivity index (χ1v) is 7.18. The predicted octanol–water partition coefficient (Wildman–Crippen LogP) is 4.93. The summed E-state index contributed by atoms with van der Waals surface area (Å²) in [6.45, 7) is 5.16. The molecule has 1 N–H and O–H groups in total. The highest BCUT2D eigenvalue weighted by atomic mass is 35.5. The van der Waals surface area contributed by atoms with Crippen LogP contribution in [0.25, 0.3) is 0 Å². The number of nitrogens with one attached hydrogen (secondary N) is 1. The minimum Gasteiger partial charge on any atom is -0.310 e. The van der Waals surface area contributed by atoms with Crippen molar-refractivity contribution in [2.24, 2.45) is 0 Å². The van der Waals surface area contributed by atoms with E-state index in [0.717, 1.165) is 12.1 Å². The van der Waals surface area contributed by atoms with Gasteiger partial charge in [-0.15, -0.1) is 0 Å². The summed E-state index contributed by atoms with van der Waals surface area (Å²) < 4.78 is 13.0. The van der Waals surface area contributed by atoms with Crippen LogP contribution in [-0.2, 0) is 6.54 Å². The van der Waals surface area contributed by atoms with Crippen LogP contribution in [0.3, 0.4) is 0 Å². The molecular weight excluding hydrogens is 249 g/mol. The first-order chi connectivity index (χ1) is 8.63. The Morgan fingerprint density at radius 2 is 2.06 bits per heavy atom. The molecule has 0 aromatic heterocycles. The summed E-state index contributed by atoms with van der Waals surface area (Å²) in [5.41, 5.74) is 1.03. The van der Waals surface area contributed by atoms with Crippen molar-refractivity contribution in [3.05, 3.63) is 34.6 Å². The molecule has 0 radical (unpaired) electrons. The smallest absolute Gasteiger partial charge is 0.141 e. The van der Waals surface area contributed by atoms with Gasteiger partial charge in [-0.3, -0.25) is 0 Å². The Morgan fingerprint density at radius 3 is 2.72 bits per heavy atom. The summed E-state index contributed by atoms with van der Waals surface area (Å²) in [6, 6.07) is 5.38. The lowest BCUT2D eigenvalue weighted by atomic mass is 10.1. The second kappa shape index (κ2) is 8.49. The molecule has 0 saturated carbocycles. The highest BCUT2D eigenvalue weighted by molar-refractivity contribution is 6.30. The summed E-state index contributed by atoms with van der Waals surface area (Å²) in [5, 5.41) is 3.64. The molecule has 1 unspecified atom stereocenters. The van der Waals surface area contributed by atoms with E-state index in [2.05, 4.69) is 19.2 Å².